The average Bonchev–Trinajstić information content (AvgIpc) is 2.39. The van der Waals surface area contributed by atoms with E-state index in [9.17, 15) is 4.79 Å². The Morgan fingerprint density at radius 2 is 2.16 bits per heavy atom. The van der Waals surface area contributed by atoms with Crippen molar-refractivity contribution < 1.29 is 14.3 Å². The predicted molar refractivity (Wildman–Crippen MR) is 78.2 cm³/mol. The fourth-order valence-electron chi connectivity index (χ4n) is 1.56. The standard InChI is InChI=1S/C14H20BrNO3/c1-4-16-9-11-8-12(15)6-7-13(11)19-10(3)14(17)18-5-2/h6-8,10,16H,4-5,9H2,1-3H3. The van der Waals surface area contributed by atoms with Gasteiger partial charge in [0.15, 0.2) is 6.10 Å². The van der Waals surface area contributed by atoms with E-state index < -0.39 is 6.10 Å². The molecule has 19 heavy (non-hydrogen) atoms. The van der Waals surface area contributed by atoms with Gasteiger partial charge in [-0.1, -0.05) is 22.9 Å². The summed E-state index contributed by atoms with van der Waals surface area (Å²) >= 11 is 3.43. The van der Waals surface area contributed by atoms with Gasteiger partial charge in [0.1, 0.15) is 5.75 Å². The number of carbonyl (C=O) groups is 1. The smallest absolute Gasteiger partial charge is 0.347 e. The van der Waals surface area contributed by atoms with Crippen molar-refractivity contribution in [1.29, 1.82) is 0 Å². The van der Waals surface area contributed by atoms with Gasteiger partial charge < -0.3 is 14.8 Å². The van der Waals surface area contributed by atoms with Crippen molar-refractivity contribution in [2.45, 2.75) is 33.4 Å². The minimum Gasteiger partial charge on any atom is -0.479 e. The second-order valence-electron chi connectivity index (χ2n) is 4.04. The van der Waals surface area contributed by atoms with Gasteiger partial charge in [0.25, 0.3) is 0 Å². The molecule has 1 unspecified atom stereocenters. The molecule has 5 heteroatoms. The van der Waals surface area contributed by atoms with Crippen molar-refractivity contribution >= 4 is 21.9 Å². The summed E-state index contributed by atoms with van der Waals surface area (Å²) in [6.45, 7) is 7.44. The summed E-state index contributed by atoms with van der Waals surface area (Å²) in [6.07, 6.45) is -0.610. The molecule has 0 aliphatic heterocycles. The number of benzene rings is 1. The van der Waals surface area contributed by atoms with Gasteiger partial charge in [0.2, 0.25) is 0 Å². The molecule has 4 nitrogen and oxygen atoms in total. The van der Waals surface area contributed by atoms with E-state index in [1.807, 2.05) is 25.1 Å². The van der Waals surface area contributed by atoms with Crippen LogP contribution >= 0.6 is 15.9 Å². The molecule has 0 fully saturated rings. The van der Waals surface area contributed by atoms with Crippen molar-refractivity contribution in [3.8, 4) is 5.75 Å². The van der Waals surface area contributed by atoms with Gasteiger partial charge in [-0.3, -0.25) is 0 Å². The van der Waals surface area contributed by atoms with E-state index in [1.54, 1.807) is 13.8 Å². The predicted octanol–water partition coefficient (Wildman–Crippen LogP) is 2.89. The van der Waals surface area contributed by atoms with Crippen LogP contribution in [0.25, 0.3) is 0 Å². The fourth-order valence-corrected chi connectivity index (χ4v) is 1.97. The number of hydrogen-bond donors (Lipinski definition) is 1. The molecule has 0 bridgehead atoms. The Labute approximate surface area is 122 Å². The lowest BCUT2D eigenvalue weighted by molar-refractivity contribution is -0.150. The van der Waals surface area contributed by atoms with Crippen LogP contribution in [0.1, 0.15) is 26.3 Å². The summed E-state index contributed by atoms with van der Waals surface area (Å²) in [4.78, 5) is 11.6. The monoisotopic (exact) mass is 329 g/mol. The molecule has 0 heterocycles. The molecule has 0 radical (unpaired) electrons. The Morgan fingerprint density at radius 1 is 1.42 bits per heavy atom. The fraction of sp³-hybridized carbons (Fsp3) is 0.500. The van der Waals surface area contributed by atoms with Gasteiger partial charge in [-0.15, -0.1) is 0 Å². The zero-order valence-corrected chi connectivity index (χ0v) is 13.1. The Morgan fingerprint density at radius 3 is 2.79 bits per heavy atom. The highest BCUT2D eigenvalue weighted by Gasteiger charge is 2.17. The molecule has 0 spiro atoms. The number of esters is 1. The Bertz CT molecular complexity index is 423. The van der Waals surface area contributed by atoms with Crippen LogP contribution in [0.5, 0.6) is 5.75 Å². The van der Waals surface area contributed by atoms with E-state index in [0.717, 1.165) is 16.6 Å². The van der Waals surface area contributed by atoms with Gasteiger partial charge >= 0.3 is 5.97 Å². The minimum atomic E-state index is -0.610. The van der Waals surface area contributed by atoms with Gasteiger partial charge in [0.05, 0.1) is 6.61 Å². The Kier molecular flexibility index (Phi) is 6.87. The maximum absolute atomic E-state index is 11.6. The molecule has 1 rings (SSSR count). The van der Waals surface area contributed by atoms with Crippen LogP contribution in [0.4, 0.5) is 0 Å². The molecule has 106 valence electrons. The zero-order chi connectivity index (χ0) is 14.3. The summed E-state index contributed by atoms with van der Waals surface area (Å²) < 4.78 is 11.6. The number of rotatable bonds is 7. The largest absolute Gasteiger partial charge is 0.479 e. The highest BCUT2D eigenvalue weighted by Crippen LogP contribution is 2.24. The number of ether oxygens (including phenoxy) is 2. The third-order valence-electron chi connectivity index (χ3n) is 2.51. The summed E-state index contributed by atoms with van der Waals surface area (Å²) in [5, 5.41) is 3.24. The SMILES string of the molecule is CCNCc1cc(Br)ccc1OC(C)C(=O)OCC. The second-order valence-corrected chi connectivity index (χ2v) is 4.96. The number of carbonyl (C=O) groups excluding carboxylic acids is 1. The number of halogens is 1. The molecule has 0 saturated heterocycles. The maximum atomic E-state index is 11.6. The van der Waals surface area contributed by atoms with Crippen molar-refractivity contribution in [1.82, 2.24) is 5.32 Å². The van der Waals surface area contributed by atoms with Gasteiger partial charge in [-0.05, 0) is 38.6 Å². The number of nitrogens with one attached hydrogen (secondary N) is 1. The molecular formula is C14H20BrNO3. The summed E-state index contributed by atoms with van der Waals surface area (Å²) in [5.74, 6) is 0.351. The van der Waals surface area contributed by atoms with E-state index in [0.29, 0.717) is 18.9 Å². The molecule has 0 saturated carbocycles. The van der Waals surface area contributed by atoms with Crippen LogP contribution in [0.2, 0.25) is 0 Å². The van der Waals surface area contributed by atoms with Crippen LogP contribution in [0.3, 0.4) is 0 Å². The summed E-state index contributed by atoms with van der Waals surface area (Å²) in [6, 6.07) is 5.73. The lowest BCUT2D eigenvalue weighted by atomic mass is 10.2. The lowest BCUT2D eigenvalue weighted by Crippen LogP contribution is -2.26. The normalized spacial score (nSPS) is 12.0. The van der Waals surface area contributed by atoms with Crippen LogP contribution < -0.4 is 10.1 Å². The van der Waals surface area contributed by atoms with E-state index in [1.165, 1.54) is 0 Å². The minimum absolute atomic E-state index is 0.347. The van der Waals surface area contributed by atoms with Gasteiger partial charge in [-0.25, -0.2) is 4.79 Å². The molecule has 1 atom stereocenters. The van der Waals surface area contributed by atoms with Crippen molar-refractivity contribution in [2.24, 2.45) is 0 Å². The highest BCUT2D eigenvalue weighted by molar-refractivity contribution is 9.10. The first-order valence-corrected chi connectivity index (χ1v) is 7.20. The quantitative estimate of drug-likeness (QED) is 0.781. The molecule has 1 aromatic carbocycles. The second kappa shape index (κ2) is 8.17. The van der Waals surface area contributed by atoms with Crippen molar-refractivity contribution in [2.75, 3.05) is 13.2 Å². The summed E-state index contributed by atoms with van der Waals surface area (Å²) in [7, 11) is 0. The van der Waals surface area contributed by atoms with E-state index >= 15 is 0 Å². The van der Waals surface area contributed by atoms with Crippen molar-refractivity contribution in [3.05, 3.63) is 28.2 Å². The summed E-state index contributed by atoms with van der Waals surface area (Å²) in [5.41, 5.74) is 1.01. The van der Waals surface area contributed by atoms with E-state index in [4.69, 9.17) is 9.47 Å². The van der Waals surface area contributed by atoms with Crippen LogP contribution in [-0.2, 0) is 16.1 Å². The maximum Gasteiger partial charge on any atom is 0.347 e. The first-order chi connectivity index (χ1) is 9.08. The lowest BCUT2D eigenvalue weighted by Gasteiger charge is -2.16. The highest BCUT2D eigenvalue weighted by atomic mass is 79.9. The van der Waals surface area contributed by atoms with Crippen LogP contribution in [-0.4, -0.2) is 25.2 Å². The molecule has 0 aliphatic rings. The molecule has 1 aromatic rings. The topological polar surface area (TPSA) is 47.6 Å². The first-order valence-electron chi connectivity index (χ1n) is 6.40. The molecular weight excluding hydrogens is 310 g/mol. The third-order valence-corrected chi connectivity index (χ3v) is 3.00. The van der Waals surface area contributed by atoms with Gasteiger partial charge in [0, 0.05) is 16.6 Å². The number of hydrogen-bond acceptors (Lipinski definition) is 4. The molecule has 0 aliphatic carbocycles. The third kappa shape index (κ3) is 5.20. The molecule has 0 aromatic heterocycles. The average molecular weight is 330 g/mol. The molecule has 0 amide bonds. The van der Waals surface area contributed by atoms with Crippen LogP contribution in [0, 0.1) is 0 Å². The van der Waals surface area contributed by atoms with Crippen LogP contribution in [0.15, 0.2) is 22.7 Å². The van der Waals surface area contributed by atoms with E-state index in [-0.39, 0.29) is 5.97 Å². The van der Waals surface area contributed by atoms with E-state index in [2.05, 4.69) is 21.2 Å². The zero-order valence-electron chi connectivity index (χ0n) is 11.5. The first kappa shape index (κ1) is 16.0. The van der Waals surface area contributed by atoms with Gasteiger partial charge in [-0.2, -0.15) is 0 Å². The Balaban J connectivity index is 2.78. The molecule has 1 N–H and O–H groups in total. The van der Waals surface area contributed by atoms with Crippen molar-refractivity contribution in [3.63, 3.8) is 0 Å². The Hall–Kier alpha value is -1.07.